The SMILES string of the molecule is CC(C)COC(C)c1cccc(NC(=O)Nc2cccnc2N2CC(C)(C)c3ccccc32)c1. The van der Waals surface area contributed by atoms with Gasteiger partial charge in [-0.2, -0.15) is 0 Å². The second-order valence-electron chi connectivity index (χ2n) is 9.94. The first-order valence-electron chi connectivity index (χ1n) is 11.9. The molecule has 3 aromatic rings. The van der Waals surface area contributed by atoms with E-state index in [9.17, 15) is 4.79 Å². The number of nitrogens with one attached hydrogen (secondary N) is 2. The van der Waals surface area contributed by atoms with E-state index in [-0.39, 0.29) is 17.6 Å². The zero-order valence-corrected chi connectivity index (χ0v) is 20.6. The number of hydrogen-bond acceptors (Lipinski definition) is 4. The summed E-state index contributed by atoms with van der Waals surface area (Å²) >= 11 is 0. The molecular weight excluding hydrogens is 424 g/mol. The van der Waals surface area contributed by atoms with Crippen LogP contribution in [0.4, 0.5) is 27.7 Å². The number of nitrogens with zero attached hydrogens (tertiary/aromatic N) is 2. The molecule has 2 aromatic carbocycles. The molecule has 0 saturated carbocycles. The van der Waals surface area contributed by atoms with Crippen LogP contribution in [0.2, 0.25) is 0 Å². The van der Waals surface area contributed by atoms with E-state index >= 15 is 0 Å². The van der Waals surface area contributed by atoms with Crippen molar-refractivity contribution in [1.29, 1.82) is 0 Å². The Kier molecular flexibility index (Phi) is 6.89. The lowest BCUT2D eigenvalue weighted by molar-refractivity contribution is 0.0470. The zero-order chi connectivity index (χ0) is 24.3. The van der Waals surface area contributed by atoms with Gasteiger partial charge in [-0.25, -0.2) is 9.78 Å². The molecule has 0 bridgehead atoms. The average Bonchev–Trinajstić information content (AvgIpc) is 3.09. The first kappa shape index (κ1) is 23.8. The molecular formula is C28H34N4O2. The number of para-hydroxylation sites is 1. The van der Waals surface area contributed by atoms with Gasteiger partial charge in [0.1, 0.15) is 0 Å². The van der Waals surface area contributed by atoms with Crippen LogP contribution in [0.5, 0.6) is 0 Å². The van der Waals surface area contributed by atoms with Crippen LogP contribution in [0.1, 0.15) is 51.8 Å². The van der Waals surface area contributed by atoms with E-state index in [0.29, 0.717) is 23.9 Å². The number of pyridine rings is 1. The molecule has 2 heterocycles. The number of carbonyl (C=O) groups is 1. The number of fused-ring (bicyclic) bond motifs is 1. The summed E-state index contributed by atoms with van der Waals surface area (Å²) < 4.78 is 5.92. The van der Waals surface area contributed by atoms with Gasteiger partial charge in [-0.1, -0.05) is 58.0 Å². The second kappa shape index (κ2) is 9.85. The Hall–Kier alpha value is -3.38. The van der Waals surface area contributed by atoms with E-state index in [1.807, 2.05) is 49.4 Å². The predicted molar refractivity (Wildman–Crippen MR) is 139 cm³/mol. The standard InChI is InChI=1S/C28H34N4O2/c1-19(2)17-34-20(3)21-10-8-11-22(16-21)30-27(33)31-24-13-9-15-29-26(24)32-18-28(4,5)23-12-6-7-14-25(23)32/h6-16,19-20H,17-18H2,1-5H3,(H2,30,31,33). The minimum atomic E-state index is -0.311. The largest absolute Gasteiger partial charge is 0.374 e. The monoisotopic (exact) mass is 458 g/mol. The molecule has 0 aliphatic carbocycles. The number of anilines is 4. The Morgan fingerprint density at radius 1 is 1.06 bits per heavy atom. The van der Waals surface area contributed by atoms with E-state index in [1.54, 1.807) is 6.20 Å². The third-order valence-corrected chi connectivity index (χ3v) is 6.06. The van der Waals surface area contributed by atoms with Crippen LogP contribution in [0, 0.1) is 5.92 Å². The highest BCUT2D eigenvalue weighted by Gasteiger charge is 2.36. The van der Waals surface area contributed by atoms with Crippen LogP contribution in [0.3, 0.4) is 0 Å². The van der Waals surface area contributed by atoms with E-state index in [1.165, 1.54) is 5.56 Å². The van der Waals surface area contributed by atoms with Crippen molar-refractivity contribution in [3.8, 4) is 0 Å². The highest BCUT2D eigenvalue weighted by Crippen LogP contribution is 2.45. The first-order valence-corrected chi connectivity index (χ1v) is 11.9. The average molecular weight is 459 g/mol. The third kappa shape index (κ3) is 5.23. The van der Waals surface area contributed by atoms with Gasteiger partial charge in [-0.05, 0) is 54.3 Å². The Morgan fingerprint density at radius 2 is 1.85 bits per heavy atom. The quantitative estimate of drug-likeness (QED) is 0.405. The van der Waals surface area contributed by atoms with Crippen molar-refractivity contribution in [2.24, 2.45) is 5.92 Å². The van der Waals surface area contributed by atoms with Gasteiger partial charge < -0.3 is 20.3 Å². The number of benzene rings is 2. The van der Waals surface area contributed by atoms with E-state index in [0.717, 1.165) is 23.6 Å². The van der Waals surface area contributed by atoms with Crippen LogP contribution in [0.25, 0.3) is 0 Å². The molecule has 34 heavy (non-hydrogen) atoms. The van der Waals surface area contributed by atoms with Crippen molar-refractivity contribution in [3.05, 3.63) is 78.0 Å². The summed E-state index contributed by atoms with van der Waals surface area (Å²) in [5.74, 6) is 1.21. The van der Waals surface area contributed by atoms with Crippen molar-refractivity contribution in [2.45, 2.75) is 46.1 Å². The maximum absolute atomic E-state index is 12.9. The molecule has 1 unspecified atom stereocenters. The molecule has 1 atom stereocenters. The fraction of sp³-hybridized carbons (Fsp3) is 0.357. The zero-order valence-electron chi connectivity index (χ0n) is 20.6. The summed E-state index contributed by atoms with van der Waals surface area (Å²) in [7, 11) is 0. The molecule has 2 N–H and O–H groups in total. The fourth-order valence-electron chi connectivity index (χ4n) is 4.33. The van der Waals surface area contributed by atoms with Gasteiger partial charge in [-0.3, -0.25) is 0 Å². The number of aromatic nitrogens is 1. The molecule has 0 fully saturated rings. The molecule has 0 saturated heterocycles. The molecule has 2 amide bonds. The summed E-state index contributed by atoms with van der Waals surface area (Å²) in [6.07, 6.45) is 1.71. The van der Waals surface area contributed by atoms with Gasteiger partial charge in [0.2, 0.25) is 0 Å². The van der Waals surface area contributed by atoms with Gasteiger partial charge >= 0.3 is 6.03 Å². The second-order valence-corrected chi connectivity index (χ2v) is 9.94. The van der Waals surface area contributed by atoms with Crippen molar-refractivity contribution in [2.75, 3.05) is 28.7 Å². The molecule has 0 spiro atoms. The first-order chi connectivity index (χ1) is 16.2. The highest BCUT2D eigenvalue weighted by molar-refractivity contribution is 6.02. The van der Waals surface area contributed by atoms with Crippen LogP contribution < -0.4 is 15.5 Å². The normalized spacial score (nSPS) is 15.2. The number of amides is 2. The van der Waals surface area contributed by atoms with Gasteiger partial charge in [0.25, 0.3) is 0 Å². The van der Waals surface area contributed by atoms with Crippen LogP contribution in [0.15, 0.2) is 66.9 Å². The molecule has 4 rings (SSSR count). The smallest absolute Gasteiger partial charge is 0.323 e. The van der Waals surface area contributed by atoms with Crippen molar-refractivity contribution < 1.29 is 9.53 Å². The molecule has 6 heteroatoms. The fourth-order valence-corrected chi connectivity index (χ4v) is 4.33. The number of ether oxygens (including phenoxy) is 1. The molecule has 1 aliphatic rings. The molecule has 0 radical (unpaired) electrons. The Labute approximate surface area is 202 Å². The van der Waals surface area contributed by atoms with Gasteiger partial charge in [0.15, 0.2) is 5.82 Å². The van der Waals surface area contributed by atoms with Gasteiger partial charge in [-0.15, -0.1) is 0 Å². The summed E-state index contributed by atoms with van der Waals surface area (Å²) in [6.45, 7) is 12.2. The maximum atomic E-state index is 12.9. The topological polar surface area (TPSA) is 66.5 Å². The summed E-state index contributed by atoms with van der Waals surface area (Å²) in [5.41, 5.74) is 4.80. The van der Waals surface area contributed by atoms with Crippen LogP contribution in [-0.4, -0.2) is 24.2 Å². The minimum Gasteiger partial charge on any atom is -0.374 e. The number of hydrogen-bond donors (Lipinski definition) is 2. The Morgan fingerprint density at radius 3 is 2.65 bits per heavy atom. The van der Waals surface area contributed by atoms with Crippen LogP contribution in [-0.2, 0) is 10.2 Å². The lowest BCUT2D eigenvalue weighted by Gasteiger charge is -2.24. The molecule has 178 valence electrons. The van der Waals surface area contributed by atoms with Gasteiger partial charge in [0, 0.05) is 36.1 Å². The summed E-state index contributed by atoms with van der Waals surface area (Å²) in [6, 6.07) is 19.6. The Bertz CT molecular complexity index is 1160. The van der Waals surface area contributed by atoms with Crippen molar-refractivity contribution in [3.63, 3.8) is 0 Å². The number of rotatable bonds is 7. The van der Waals surface area contributed by atoms with Crippen molar-refractivity contribution >= 4 is 28.9 Å². The number of carbonyl (C=O) groups excluding carboxylic acids is 1. The lowest BCUT2D eigenvalue weighted by atomic mass is 9.87. The van der Waals surface area contributed by atoms with E-state index in [4.69, 9.17) is 4.74 Å². The minimum absolute atomic E-state index is 0.0115. The predicted octanol–water partition coefficient (Wildman–Crippen LogP) is 6.89. The molecule has 1 aliphatic heterocycles. The number of urea groups is 1. The summed E-state index contributed by atoms with van der Waals surface area (Å²) in [5, 5.41) is 5.95. The summed E-state index contributed by atoms with van der Waals surface area (Å²) in [4.78, 5) is 19.7. The van der Waals surface area contributed by atoms with Gasteiger partial charge in [0.05, 0.1) is 11.8 Å². The molecule has 6 nitrogen and oxygen atoms in total. The third-order valence-electron chi connectivity index (χ3n) is 6.06. The lowest BCUT2D eigenvalue weighted by Crippen LogP contribution is -2.27. The highest BCUT2D eigenvalue weighted by atomic mass is 16.5. The van der Waals surface area contributed by atoms with E-state index in [2.05, 4.69) is 66.4 Å². The maximum Gasteiger partial charge on any atom is 0.323 e. The Balaban J connectivity index is 1.49. The van der Waals surface area contributed by atoms with Crippen molar-refractivity contribution in [1.82, 2.24) is 4.98 Å². The van der Waals surface area contributed by atoms with Crippen LogP contribution >= 0.6 is 0 Å². The molecule has 1 aromatic heterocycles. The van der Waals surface area contributed by atoms with E-state index < -0.39 is 0 Å².